The first-order valence-electron chi connectivity index (χ1n) is 5.57. The van der Waals surface area contributed by atoms with E-state index in [0.717, 1.165) is 22.3 Å². The second kappa shape index (κ2) is 4.15. The molecule has 0 fully saturated rings. The van der Waals surface area contributed by atoms with Crippen molar-refractivity contribution in [1.82, 2.24) is 25.0 Å². The van der Waals surface area contributed by atoms with Crippen LogP contribution in [0.25, 0.3) is 11.0 Å². The molecular formula is C12H12N6. The molecular weight excluding hydrogens is 228 g/mol. The average molecular weight is 240 g/mol. The maximum atomic E-state index is 6.26. The molecule has 0 spiro atoms. The van der Waals surface area contributed by atoms with Crippen LogP contribution in [0.1, 0.15) is 17.3 Å². The van der Waals surface area contributed by atoms with Gasteiger partial charge in [-0.25, -0.2) is 0 Å². The maximum absolute atomic E-state index is 6.26. The van der Waals surface area contributed by atoms with Crippen molar-refractivity contribution in [3.8, 4) is 0 Å². The lowest BCUT2D eigenvalue weighted by atomic mass is 10.0. The highest BCUT2D eigenvalue weighted by Gasteiger charge is 2.16. The second-order valence-corrected chi connectivity index (χ2v) is 4.03. The van der Waals surface area contributed by atoms with Crippen LogP contribution in [0.2, 0.25) is 0 Å². The number of rotatable bonds is 2. The lowest BCUT2D eigenvalue weighted by Gasteiger charge is -2.13. The molecule has 6 nitrogen and oxygen atoms in total. The molecule has 6 heteroatoms. The van der Waals surface area contributed by atoms with Crippen LogP contribution in [0.4, 0.5) is 0 Å². The highest BCUT2D eigenvalue weighted by molar-refractivity contribution is 5.78. The van der Waals surface area contributed by atoms with Crippen LogP contribution in [0, 0.1) is 0 Å². The lowest BCUT2D eigenvalue weighted by Crippen LogP contribution is -2.16. The Morgan fingerprint density at radius 3 is 2.83 bits per heavy atom. The molecule has 90 valence electrons. The van der Waals surface area contributed by atoms with E-state index in [1.165, 1.54) is 0 Å². The molecule has 1 atom stereocenters. The van der Waals surface area contributed by atoms with Crippen LogP contribution in [0.3, 0.4) is 0 Å². The van der Waals surface area contributed by atoms with Gasteiger partial charge in [0.05, 0.1) is 29.0 Å². The molecule has 0 saturated carbocycles. The van der Waals surface area contributed by atoms with Crippen LogP contribution in [-0.4, -0.2) is 25.0 Å². The Kier molecular flexibility index (Phi) is 2.49. The molecule has 18 heavy (non-hydrogen) atoms. The smallest absolute Gasteiger partial charge is 0.0938 e. The minimum atomic E-state index is -0.314. The van der Waals surface area contributed by atoms with E-state index in [1.54, 1.807) is 23.3 Å². The molecule has 2 N–H and O–H groups in total. The standard InChI is InChI=1S/C12H12N6/c1-18-10(7-16-17-18)11(13)8-3-2-4-9-12(8)15-6-5-14-9/h2-7,11H,13H2,1H3. The monoisotopic (exact) mass is 240 g/mol. The summed E-state index contributed by atoms with van der Waals surface area (Å²) in [5, 5.41) is 7.74. The van der Waals surface area contributed by atoms with Crippen molar-refractivity contribution in [3.05, 3.63) is 48.0 Å². The Morgan fingerprint density at radius 1 is 1.22 bits per heavy atom. The van der Waals surface area contributed by atoms with Crippen molar-refractivity contribution in [1.29, 1.82) is 0 Å². The van der Waals surface area contributed by atoms with E-state index < -0.39 is 0 Å². The molecule has 0 radical (unpaired) electrons. The number of aryl methyl sites for hydroxylation is 1. The summed E-state index contributed by atoms with van der Waals surface area (Å²) in [6.45, 7) is 0. The number of hydrogen-bond acceptors (Lipinski definition) is 5. The van der Waals surface area contributed by atoms with Crippen molar-refractivity contribution < 1.29 is 0 Å². The van der Waals surface area contributed by atoms with Crippen molar-refractivity contribution in [2.24, 2.45) is 12.8 Å². The molecule has 2 aromatic heterocycles. The fourth-order valence-electron chi connectivity index (χ4n) is 2.00. The maximum Gasteiger partial charge on any atom is 0.0938 e. The number of fused-ring (bicyclic) bond motifs is 1. The quantitative estimate of drug-likeness (QED) is 0.716. The summed E-state index contributed by atoms with van der Waals surface area (Å²) in [6, 6.07) is 5.48. The predicted molar refractivity (Wildman–Crippen MR) is 66.6 cm³/mol. The number of aromatic nitrogens is 5. The average Bonchev–Trinajstić information content (AvgIpc) is 2.83. The summed E-state index contributed by atoms with van der Waals surface area (Å²) in [4.78, 5) is 8.62. The number of nitrogens with zero attached hydrogens (tertiary/aromatic N) is 5. The van der Waals surface area contributed by atoms with Gasteiger partial charge in [0.1, 0.15) is 0 Å². The molecule has 3 aromatic rings. The van der Waals surface area contributed by atoms with Crippen LogP contribution in [0.5, 0.6) is 0 Å². The molecule has 1 aromatic carbocycles. The Labute approximate surface area is 103 Å². The summed E-state index contributed by atoms with van der Waals surface area (Å²) < 4.78 is 1.67. The molecule has 0 amide bonds. The Morgan fingerprint density at radius 2 is 2.06 bits per heavy atom. The van der Waals surface area contributed by atoms with Crippen molar-refractivity contribution in [3.63, 3.8) is 0 Å². The van der Waals surface area contributed by atoms with Crippen LogP contribution < -0.4 is 5.73 Å². The van der Waals surface area contributed by atoms with E-state index in [4.69, 9.17) is 5.73 Å². The largest absolute Gasteiger partial charge is 0.319 e. The molecule has 2 heterocycles. The molecule has 3 rings (SSSR count). The van der Waals surface area contributed by atoms with E-state index in [-0.39, 0.29) is 6.04 Å². The Bertz CT molecular complexity index is 684. The SMILES string of the molecule is Cn1nncc1C(N)c1cccc2nccnc12. The number of benzene rings is 1. The van der Waals surface area contributed by atoms with Gasteiger partial charge in [-0.15, -0.1) is 5.10 Å². The third-order valence-electron chi connectivity index (χ3n) is 2.93. The van der Waals surface area contributed by atoms with E-state index in [1.807, 2.05) is 25.2 Å². The first-order chi connectivity index (χ1) is 8.77. The van der Waals surface area contributed by atoms with Gasteiger partial charge in [-0.05, 0) is 6.07 Å². The molecule has 1 unspecified atom stereocenters. The Balaban J connectivity index is 2.18. The minimum Gasteiger partial charge on any atom is -0.319 e. The summed E-state index contributed by atoms with van der Waals surface area (Å²) in [7, 11) is 1.82. The zero-order chi connectivity index (χ0) is 12.5. The fourth-order valence-corrected chi connectivity index (χ4v) is 2.00. The topological polar surface area (TPSA) is 82.5 Å². The number of hydrogen-bond donors (Lipinski definition) is 1. The zero-order valence-electron chi connectivity index (χ0n) is 9.85. The van der Waals surface area contributed by atoms with Gasteiger partial charge in [-0.2, -0.15) is 0 Å². The lowest BCUT2D eigenvalue weighted by molar-refractivity contribution is 0.652. The third kappa shape index (κ3) is 1.63. The first kappa shape index (κ1) is 10.8. The normalized spacial score (nSPS) is 12.8. The van der Waals surface area contributed by atoms with Gasteiger partial charge in [-0.1, -0.05) is 17.3 Å². The predicted octanol–water partition coefficient (Wildman–Crippen LogP) is 0.806. The van der Waals surface area contributed by atoms with Crippen LogP contribution in [0.15, 0.2) is 36.8 Å². The van der Waals surface area contributed by atoms with E-state index in [2.05, 4.69) is 20.3 Å². The number of para-hydroxylation sites is 1. The zero-order valence-corrected chi connectivity index (χ0v) is 9.85. The van der Waals surface area contributed by atoms with E-state index >= 15 is 0 Å². The van der Waals surface area contributed by atoms with E-state index in [0.29, 0.717) is 0 Å². The van der Waals surface area contributed by atoms with Gasteiger partial charge in [0.2, 0.25) is 0 Å². The van der Waals surface area contributed by atoms with Crippen LogP contribution in [-0.2, 0) is 7.05 Å². The van der Waals surface area contributed by atoms with E-state index in [9.17, 15) is 0 Å². The molecule has 0 bridgehead atoms. The molecule has 0 aliphatic rings. The van der Waals surface area contributed by atoms with Crippen LogP contribution >= 0.6 is 0 Å². The van der Waals surface area contributed by atoms with Gasteiger partial charge < -0.3 is 5.73 Å². The fraction of sp³-hybridized carbons (Fsp3) is 0.167. The highest BCUT2D eigenvalue weighted by atomic mass is 15.4. The highest BCUT2D eigenvalue weighted by Crippen LogP contribution is 2.23. The van der Waals surface area contributed by atoms with Crippen molar-refractivity contribution >= 4 is 11.0 Å². The summed E-state index contributed by atoms with van der Waals surface area (Å²) in [5.41, 5.74) is 9.67. The third-order valence-corrected chi connectivity index (χ3v) is 2.93. The van der Waals surface area contributed by atoms with Crippen molar-refractivity contribution in [2.75, 3.05) is 0 Å². The Hall–Kier alpha value is -2.34. The summed E-state index contributed by atoms with van der Waals surface area (Å²) in [6.07, 6.45) is 5.00. The number of nitrogens with two attached hydrogens (primary N) is 1. The van der Waals surface area contributed by atoms with Gasteiger partial charge >= 0.3 is 0 Å². The molecule has 0 aliphatic heterocycles. The minimum absolute atomic E-state index is 0.314. The summed E-state index contributed by atoms with van der Waals surface area (Å²) >= 11 is 0. The van der Waals surface area contributed by atoms with Gasteiger partial charge in [-0.3, -0.25) is 14.6 Å². The van der Waals surface area contributed by atoms with Crippen molar-refractivity contribution in [2.45, 2.75) is 6.04 Å². The molecule has 0 aliphatic carbocycles. The van der Waals surface area contributed by atoms with Gasteiger partial charge in [0, 0.05) is 25.0 Å². The second-order valence-electron chi connectivity index (χ2n) is 4.03. The molecule has 0 saturated heterocycles. The van der Waals surface area contributed by atoms with Gasteiger partial charge in [0.15, 0.2) is 0 Å². The first-order valence-corrected chi connectivity index (χ1v) is 5.57. The van der Waals surface area contributed by atoms with Gasteiger partial charge in [0.25, 0.3) is 0 Å². The summed E-state index contributed by atoms with van der Waals surface area (Å²) in [5.74, 6) is 0.